The standard InChI is InChI=1S/C10H16N4O4/c1-3-8-10(14(16)17)7(6-9(11)15)12-13(8)4-5-18-2/h3-6H2,1-2H3,(H2,11,15). The highest BCUT2D eigenvalue weighted by molar-refractivity contribution is 5.77. The lowest BCUT2D eigenvalue weighted by Crippen LogP contribution is -2.15. The van der Waals surface area contributed by atoms with E-state index in [1.165, 1.54) is 11.8 Å². The van der Waals surface area contributed by atoms with Gasteiger partial charge in [-0.1, -0.05) is 6.92 Å². The van der Waals surface area contributed by atoms with Crippen molar-refractivity contribution in [2.75, 3.05) is 13.7 Å². The molecule has 0 aliphatic heterocycles. The van der Waals surface area contributed by atoms with E-state index in [1.807, 2.05) is 0 Å². The molecule has 1 aromatic heterocycles. The van der Waals surface area contributed by atoms with Crippen LogP contribution >= 0.6 is 0 Å². The van der Waals surface area contributed by atoms with Crippen molar-refractivity contribution in [3.05, 3.63) is 21.5 Å². The van der Waals surface area contributed by atoms with Crippen LogP contribution in [0.1, 0.15) is 18.3 Å². The molecule has 100 valence electrons. The maximum absolute atomic E-state index is 11.0. The first-order chi connectivity index (χ1) is 8.51. The molecule has 0 spiro atoms. The van der Waals surface area contributed by atoms with Crippen molar-refractivity contribution >= 4 is 11.6 Å². The Bertz CT molecular complexity index is 455. The number of hydrogen-bond acceptors (Lipinski definition) is 5. The van der Waals surface area contributed by atoms with Gasteiger partial charge in [0.2, 0.25) is 5.91 Å². The lowest BCUT2D eigenvalue weighted by molar-refractivity contribution is -0.386. The number of nitrogens with two attached hydrogens (primary N) is 1. The Kier molecular flexibility index (Phi) is 4.78. The molecule has 1 rings (SSSR count). The van der Waals surface area contributed by atoms with Crippen molar-refractivity contribution in [3.8, 4) is 0 Å². The van der Waals surface area contributed by atoms with E-state index in [0.717, 1.165) is 0 Å². The van der Waals surface area contributed by atoms with Crippen molar-refractivity contribution in [1.29, 1.82) is 0 Å². The molecule has 0 unspecified atom stereocenters. The van der Waals surface area contributed by atoms with Gasteiger partial charge in [0.05, 0.1) is 24.5 Å². The number of amides is 1. The highest BCUT2D eigenvalue weighted by Crippen LogP contribution is 2.24. The van der Waals surface area contributed by atoms with E-state index in [-0.39, 0.29) is 17.8 Å². The summed E-state index contributed by atoms with van der Waals surface area (Å²) >= 11 is 0. The Morgan fingerprint density at radius 1 is 1.61 bits per heavy atom. The number of ether oxygens (including phenoxy) is 1. The number of nitrogens with zero attached hydrogens (tertiary/aromatic N) is 3. The van der Waals surface area contributed by atoms with Gasteiger partial charge < -0.3 is 10.5 Å². The number of methoxy groups -OCH3 is 1. The fraction of sp³-hybridized carbons (Fsp3) is 0.600. The maximum Gasteiger partial charge on any atom is 0.313 e. The molecular weight excluding hydrogens is 240 g/mol. The van der Waals surface area contributed by atoms with Gasteiger partial charge in [0.1, 0.15) is 11.4 Å². The van der Waals surface area contributed by atoms with Gasteiger partial charge in [-0.25, -0.2) is 0 Å². The van der Waals surface area contributed by atoms with Crippen molar-refractivity contribution in [2.24, 2.45) is 5.73 Å². The first-order valence-electron chi connectivity index (χ1n) is 5.51. The van der Waals surface area contributed by atoms with Gasteiger partial charge in [-0.3, -0.25) is 19.6 Å². The number of primary amides is 1. The summed E-state index contributed by atoms with van der Waals surface area (Å²) in [4.78, 5) is 21.4. The zero-order chi connectivity index (χ0) is 13.7. The van der Waals surface area contributed by atoms with E-state index in [0.29, 0.717) is 25.3 Å². The smallest absolute Gasteiger partial charge is 0.313 e. The van der Waals surface area contributed by atoms with Gasteiger partial charge in [0.15, 0.2) is 0 Å². The van der Waals surface area contributed by atoms with Crippen LogP contribution in [0.25, 0.3) is 0 Å². The molecule has 8 nitrogen and oxygen atoms in total. The van der Waals surface area contributed by atoms with Crippen LogP contribution in [0.4, 0.5) is 5.69 Å². The van der Waals surface area contributed by atoms with E-state index in [9.17, 15) is 14.9 Å². The number of nitro groups is 1. The Labute approximate surface area is 104 Å². The van der Waals surface area contributed by atoms with Gasteiger partial charge in [-0.05, 0) is 6.42 Å². The molecule has 0 aliphatic carbocycles. The largest absolute Gasteiger partial charge is 0.383 e. The minimum Gasteiger partial charge on any atom is -0.383 e. The number of aromatic nitrogens is 2. The summed E-state index contributed by atoms with van der Waals surface area (Å²) < 4.78 is 6.41. The predicted octanol–water partition coefficient (Wildman–Crippen LogP) is 0.0279. The zero-order valence-electron chi connectivity index (χ0n) is 10.4. The molecule has 1 amide bonds. The monoisotopic (exact) mass is 256 g/mol. The van der Waals surface area contributed by atoms with Gasteiger partial charge in [0.25, 0.3) is 0 Å². The lowest BCUT2D eigenvalue weighted by Gasteiger charge is -2.03. The van der Waals surface area contributed by atoms with Crippen LogP contribution in [0, 0.1) is 10.1 Å². The zero-order valence-corrected chi connectivity index (χ0v) is 10.4. The number of carbonyl (C=O) groups is 1. The minimum atomic E-state index is -0.642. The second kappa shape index (κ2) is 6.10. The predicted molar refractivity (Wildman–Crippen MR) is 63.0 cm³/mol. The number of carbonyl (C=O) groups excluding carboxylic acids is 1. The fourth-order valence-electron chi connectivity index (χ4n) is 1.75. The van der Waals surface area contributed by atoms with Crippen LogP contribution in [0.2, 0.25) is 0 Å². The second-order valence-corrected chi connectivity index (χ2v) is 3.71. The van der Waals surface area contributed by atoms with Crippen LogP contribution in [-0.4, -0.2) is 34.3 Å². The van der Waals surface area contributed by atoms with Gasteiger partial charge >= 0.3 is 5.69 Å². The molecule has 0 radical (unpaired) electrons. The highest BCUT2D eigenvalue weighted by atomic mass is 16.6. The Hall–Kier alpha value is -1.96. The Balaban J connectivity index is 3.19. The minimum absolute atomic E-state index is 0.112. The molecule has 0 aliphatic rings. The van der Waals surface area contributed by atoms with Crippen molar-refractivity contribution in [2.45, 2.75) is 26.3 Å². The Morgan fingerprint density at radius 3 is 2.72 bits per heavy atom. The maximum atomic E-state index is 11.0. The third-order valence-electron chi connectivity index (χ3n) is 2.47. The molecule has 0 atom stereocenters. The molecule has 18 heavy (non-hydrogen) atoms. The van der Waals surface area contributed by atoms with Crippen LogP contribution in [0.15, 0.2) is 0 Å². The summed E-state index contributed by atoms with van der Waals surface area (Å²) in [6, 6.07) is 0. The molecule has 0 bridgehead atoms. The molecule has 0 fully saturated rings. The fourth-order valence-corrected chi connectivity index (χ4v) is 1.75. The molecule has 1 heterocycles. The highest BCUT2D eigenvalue weighted by Gasteiger charge is 2.27. The summed E-state index contributed by atoms with van der Waals surface area (Å²) in [6.45, 7) is 2.59. The summed E-state index contributed by atoms with van der Waals surface area (Å²) in [5.74, 6) is -0.642. The van der Waals surface area contributed by atoms with E-state index in [1.54, 1.807) is 6.92 Å². The van der Waals surface area contributed by atoms with Crippen molar-refractivity contribution < 1.29 is 14.5 Å². The average Bonchev–Trinajstić information content (AvgIpc) is 2.63. The molecule has 8 heteroatoms. The van der Waals surface area contributed by atoms with Crippen LogP contribution in [0.3, 0.4) is 0 Å². The normalized spacial score (nSPS) is 10.6. The second-order valence-electron chi connectivity index (χ2n) is 3.71. The van der Waals surface area contributed by atoms with E-state index in [2.05, 4.69) is 5.10 Å². The van der Waals surface area contributed by atoms with Gasteiger partial charge in [0, 0.05) is 7.11 Å². The Morgan fingerprint density at radius 2 is 2.28 bits per heavy atom. The summed E-state index contributed by atoms with van der Waals surface area (Å²) in [7, 11) is 1.54. The van der Waals surface area contributed by atoms with Crippen molar-refractivity contribution in [1.82, 2.24) is 9.78 Å². The molecule has 0 aromatic carbocycles. The van der Waals surface area contributed by atoms with Crippen LogP contribution < -0.4 is 5.73 Å². The molecule has 0 saturated carbocycles. The van der Waals surface area contributed by atoms with Crippen LogP contribution in [0.5, 0.6) is 0 Å². The SMILES string of the molecule is CCc1c([N+](=O)[O-])c(CC(N)=O)nn1CCOC. The van der Waals surface area contributed by atoms with E-state index in [4.69, 9.17) is 10.5 Å². The third kappa shape index (κ3) is 3.04. The number of hydrogen-bond donors (Lipinski definition) is 1. The molecule has 1 aromatic rings. The number of rotatable bonds is 7. The van der Waals surface area contributed by atoms with E-state index < -0.39 is 10.8 Å². The van der Waals surface area contributed by atoms with Crippen molar-refractivity contribution in [3.63, 3.8) is 0 Å². The summed E-state index contributed by atoms with van der Waals surface area (Å²) in [5.41, 5.74) is 5.53. The lowest BCUT2D eigenvalue weighted by atomic mass is 10.2. The molecular formula is C10H16N4O4. The van der Waals surface area contributed by atoms with E-state index >= 15 is 0 Å². The third-order valence-corrected chi connectivity index (χ3v) is 2.47. The quantitative estimate of drug-likeness (QED) is 0.546. The van der Waals surface area contributed by atoms with Gasteiger partial charge in [-0.15, -0.1) is 0 Å². The first-order valence-corrected chi connectivity index (χ1v) is 5.51. The molecule has 2 N–H and O–H groups in total. The summed E-state index contributed by atoms with van der Waals surface area (Å²) in [5, 5.41) is 15.1. The van der Waals surface area contributed by atoms with Gasteiger partial charge in [-0.2, -0.15) is 5.10 Å². The summed E-state index contributed by atoms with van der Waals surface area (Å²) in [6.07, 6.45) is 0.217. The van der Waals surface area contributed by atoms with Crippen LogP contribution in [-0.2, 0) is 28.9 Å². The molecule has 0 saturated heterocycles. The first kappa shape index (κ1) is 14.1. The topological polar surface area (TPSA) is 113 Å². The average molecular weight is 256 g/mol.